The van der Waals surface area contributed by atoms with E-state index in [1.807, 2.05) is 0 Å². The number of hydrogen-bond donors (Lipinski definition) is 5. The van der Waals surface area contributed by atoms with Gasteiger partial charge in [-0.1, -0.05) is 12.1 Å². The fraction of sp³-hybridized carbons (Fsp3) is 0.154. The minimum absolute atomic E-state index is 0.0369. The van der Waals surface area contributed by atoms with Gasteiger partial charge in [0.05, 0.1) is 0 Å². The summed E-state index contributed by atoms with van der Waals surface area (Å²) in [7, 11) is 0. The van der Waals surface area contributed by atoms with E-state index in [0.29, 0.717) is 5.56 Å². The molecule has 0 aliphatic carbocycles. The van der Waals surface area contributed by atoms with Crippen LogP contribution in [0.25, 0.3) is 0 Å². The summed E-state index contributed by atoms with van der Waals surface area (Å²) in [6.45, 7) is 0. The maximum atomic E-state index is 11.3. The molecule has 0 saturated carbocycles. The molecule has 0 radical (unpaired) electrons. The molecule has 0 saturated heterocycles. The molecule has 106 valence electrons. The molecule has 1 aromatic heterocycles. The molecule has 5 N–H and O–H groups in total. The van der Waals surface area contributed by atoms with E-state index in [1.54, 1.807) is 0 Å². The van der Waals surface area contributed by atoms with Crippen LogP contribution in [0.3, 0.4) is 0 Å². The smallest absolute Gasteiger partial charge is 0.327 e. The summed E-state index contributed by atoms with van der Waals surface area (Å²) in [6.07, 6.45) is -0.0369. The van der Waals surface area contributed by atoms with Gasteiger partial charge in [0.25, 0.3) is 0 Å². The Hall–Kier alpha value is -2.83. The van der Waals surface area contributed by atoms with Crippen LogP contribution in [-0.2, 0) is 11.2 Å². The van der Waals surface area contributed by atoms with Crippen LogP contribution < -0.4 is 0 Å². The molecular formula is C13H13NO6. The molecule has 7 heteroatoms. The van der Waals surface area contributed by atoms with Crippen LogP contribution in [0.2, 0.25) is 0 Å². The number of carboxylic acids is 1. The van der Waals surface area contributed by atoms with Crippen molar-refractivity contribution in [2.45, 2.75) is 12.5 Å². The van der Waals surface area contributed by atoms with Gasteiger partial charge in [-0.25, -0.2) is 4.79 Å². The molecule has 2 rings (SSSR count). The fourth-order valence-electron chi connectivity index (χ4n) is 1.94. The number of hydrogen-bond acceptors (Lipinski definition) is 5. The summed E-state index contributed by atoms with van der Waals surface area (Å²) in [5.41, 5.74) is 0.585. The Morgan fingerprint density at radius 2 is 1.70 bits per heavy atom. The van der Waals surface area contributed by atoms with Crippen LogP contribution in [0.4, 0.5) is 0 Å². The summed E-state index contributed by atoms with van der Waals surface area (Å²) in [5, 5.41) is 46.9. The predicted octanol–water partition coefficient (Wildman–Crippen LogP) is 1.18. The molecule has 0 fully saturated rings. The Kier molecular flexibility index (Phi) is 3.43. The lowest BCUT2D eigenvalue weighted by Gasteiger charge is -2.16. The van der Waals surface area contributed by atoms with Gasteiger partial charge < -0.3 is 25.5 Å². The van der Waals surface area contributed by atoms with E-state index in [0.717, 1.165) is 10.6 Å². The SMILES string of the molecule is O=C(O)[C@H](Cc1ccc(O)cc1)n1c(O)cc(O)c1O. The van der Waals surface area contributed by atoms with E-state index in [2.05, 4.69) is 0 Å². The summed E-state index contributed by atoms with van der Waals surface area (Å²) in [5.74, 6) is -3.09. The Morgan fingerprint density at radius 1 is 1.10 bits per heavy atom. The first-order valence-electron chi connectivity index (χ1n) is 5.73. The van der Waals surface area contributed by atoms with Crippen molar-refractivity contribution in [1.82, 2.24) is 4.57 Å². The Bertz CT molecular complexity index is 631. The number of benzene rings is 1. The van der Waals surface area contributed by atoms with Crippen molar-refractivity contribution >= 4 is 5.97 Å². The first kappa shape index (κ1) is 13.6. The zero-order chi connectivity index (χ0) is 14.9. The molecule has 1 atom stereocenters. The van der Waals surface area contributed by atoms with Gasteiger partial charge in [-0.3, -0.25) is 4.57 Å². The number of rotatable bonds is 4. The van der Waals surface area contributed by atoms with Crippen molar-refractivity contribution in [2.75, 3.05) is 0 Å². The van der Waals surface area contributed by atoms with Crippen LogP contribution in [0, 0.1) is 0 Å². The van der Waals surface area contributed by atoms with Crippen LogP contribution in [0.1, 0.15) is 11.6 Å². The Morgan fingerprint density at radius 3 is 2.15 bits per heavy atom. The molecule has 1 heterocycles. The van der Waals surface area contributed by atoms with Crippen LogP contribution in [0.5, 0.6) is 23.3 Å². The van der Waals surface area contributed by atoms with E-state index < -0.39 is 29.5 Å². The van der Waals surface area contributed by atoms with E-state index >= 15 is 0 Å². The van der Waals surface area contributed by atoms with E-state index in [-0.39, 0.29) is 12.2 Å². The van der Waals surface area contributed by atoms with E-state index in [9.17, 15) is 30.3 Å². The number of aromatic nitrogens is 1. The second-order valence-electron chi connectivity index (χ2n) is 4.31. The number of phenols is 1. The molecule has 0 aliphatic rings. The van der Waals surface area contributed by atoms with Crippen molar-refractivity contribution in [2.24, 2.45) is 0 Å². The summed E-state index contributed by atoms with van der Waals surface area (Å²) in [4.78, 5) is 11.3. The number of aromatic hydroxyl groups is 4. The van der Waals surface area contributed by atoms with Gasteiger partial charge >= 0.3 is 5.97 Å². The Balaban J connectivity index is 2.37. The van der Waals surface area contributed by atoms with Crippen molar-refractivity contribution in [3.8, 4) is 23.3 Å². The fourth-order valence-corrected chi connectivity index (χ4v) is 1.94. The highest BCUT2D eigenvalue weighted by Gasteiger charge is 2.27. The summed E-state index contributed by atoms with van der Waals surface area (Å²) >= 11 is 0. The van der Waals surface area contributed by atoms with Crippen LogP contribution in [0.15, 0.2) is 30.3 Å². The van der Waals surface area contributed by atoms with Crippen LogP contribution >= 0.6 is 0 Å². The highest BCUT2D eigenvalue weighted by atomic mass is 16.4. The standard InChI is InChI=1S/C13H13NO6/c15-8-3-1-7(2-4-8)5-9(13(19)20)14-11(17)6-10(16)12(14)18/h1-4,6,9,15-18H,5H2,(H,19,20)/t9-/m0/s1. The van der Waals surface area contributed by atoms with Gasteiger partial charge in [0.15, 0.2) is 11.6 Å². The zero-order valence-electron chi connectivity index (χ0n) is 10.3. The molecule has 0 amide bonds. The second kappa shape index (κ2) is 5.04. The number of carbonyl (C=O) groups is 1. The molecule has 20 heavy (non-hydrogen) atoms. The maximum Gasteiger partial charge on any atom is 0.327 e. The number of phenolic OH excluding ortho intramolecular Hbond substituents is 1. The molecule has 0 aliphatic heterocycles. The lowest BCUT2D eigenvalue weighted by atomic mass is 10.1. The van der Waals surface area contributed by atoms with Gasteiger partial charge in [-0.15, -0.1) is 0 Å². The molecule has 7 nitrogen and oxygen atoms in total. The lowest BCUT2D eigenvalue weighted by molar-refractivity contribution is -0.141. The molecule has 1 aromatic carbocycles. The third kappa shape index (κ3) is 2.46. The first-order chi connectivity index (χ1) is 9.40. The quantitative estimate of drug-likeness (QED) is 0.572. The minimum Gasteiger partial charge on any atom is -0.508 e. The number of aliphatic carboxylic acids is 1. The van der Waals surface area contributed by atoms with Gasteiger partial charge in [0.1, 0.15) is 11.8 Å². The minimum atomic E-state index is -1.29. The highest BCUT2D eigenvalue weighted by molar-refractivity contribution is 5.73. The third-order valence-electron chi connectivity index (χ3n) is 2.93. The zero-order valence-corrected chi connectivity index (χ0v) is 10.3. The van der Waals surface area contributed by atoms with Crippen LogP contribution in [-0.4, -0.2) is 36.1 Å². The summed E-state index contributed by atoms with van der Waals surface area (Å²) < 4.78 is 0.727. The number of carboxylic acid groups (broad SMARTS) is 1. The second-order valence-corrected chi connectivity index (χ2v) is 4.31. The van der Waals surface area contributed by atoms with Crippen molar-refractivity contribution in [3.63, 3.8) is 0 Å². The highest BCUT2D eigenvalue weighted by Crippen LogP contribution is 2.37. The van der Waals surface area contributed by atoms with E-state index in [1.165, 1.54) is 24.3 Å². The average Bonchev–Trinajstić information content (AvgIpc) is 2.63. The van der Waals surface area contributed by atoms with Gasteiger partial charge in [-0.05, 0) is 17.7 Å². The molecule has 0 unspecified atom stereocenters. The average molecular weight is 279 g/mol. The normalized spacial score (nSPS) is 12.2. The molecule has 0 spiro atoms. The van der Waals surface area contributed by atoms with Crippen molar-refractivity contribution in [1.29, 1.82) is 0 Å². The topological polar surface area (TPSA) is 123 Å². The van der Waals surface area contributed by atoms with Gasteiger partial charge in [0, 0.05) is 12.5 Å². The van der Waals surface area contributed by atoms with Gasteiger partial charge in [-0.2, -0.15) is 0 Å². The molecular weight excluding hydrogens is 266 g/mol. The lowest BCUT2D eigenvalue weighted by Crippen LogP contribution is -2.20. The molecule has 0 bridgehead atoms. The van der Waals surface area contributed by atoms with Crippen molar-refractivity contribution < 1.29 is 30.3 Å². The molecule has 2 aromatic rings. The monoisotopic (exact) mass is 279 g/mol. The van der Waals surface area contributed by atoms with Crippen molar-refractivity contribution in [3.05, 3.63) is 35.9 Å². The Labute approximate surface area is 113 Å². The largest absolute Gasteiger partial charge is 0.508 e. The predicted molar refractivity (Wildman–Crippen MR) is 67.9 cm³/mol. The maximum absolute atomic E-state index is 11.3. The van der Waals surface area contributed by atoms with Gasteiger partial charge in [0.2, 0.25) is 5.88 Å². The van der Waals surface area contributed by atoms with E-state index in [4.69, 9.17) is 0 Å². The number of nitrogens with zero attached hydrogens (tertiary/aromatic N) is 1. The first-order valence-corrected chi connectivity index (χ1v) is 5.73. The third-order valence-corrected chi connectivity index (χ3v) is 2.93. The summed E-state index contributed by atoms with van der Waals surface area (Å²) in [6, 6.07) is 5.44.